The minimum Gasteiger partial charge on any atom is -0.356 e. The number of hydrogen-bond acceptors (Lipinski definition) is 2. The summed E-state index contributed by atoms with van der Waals surface area (Å²) in [5.41, 5.74) is 1.01. The van der Waals surface area contributed by atoms with Crippen molar-refractivity contribution in [3.8, 4) is 0 Å². The number of carbonyl (C=O) groups excluding carboxylic acids is 2. The number of rotatable bonds is 0. The van der Waals surface area contributed by atoms with E-state index in [9.17, 15) is 9.59 Å². The van der Waals surface area contributed by atoms with Crippen LogP contribution in [0.5, 0.6) is 0 Å². The third kappa shape index (κ3) is 1.32. The van der Waals surface area contributed by atoms with E-state index in [-0.39, 0.29) is 11.8 Å². The van der Waals surface area contributed by atoms with E-state index in [0.717, 1.165) is 4.90 Å². The molecule has 0 atom stereocenters. The van der Waals surface area contributed by atoms with Crippen LogP contribution in [0.25, 0.3) is 0 Å². The van der Waals surface area contributed by atoms with Crippen LogP contribution in [-0.2, 0) is 7.05 Å². The minimum atomic E-state index is -0.212. The molecule has 0 radical (unpaired) electrons. The lowest BCUT2D eigenvalue weighted by Crippen LogP contribution is -2.24. The van der Waals surface area contributed by atoms with Crippen molar-refractivity contribution in [2.45, 2.75) is 13.8 Å². The van der Waals surface area contributed by atoms with Gasteiger partial charge >= 0.3 is 0 Å². The fourth-order valence-corrected chi connectivity index (χ4v) is 1.38. The van der Waals surface area contributed by atoms with Crippen molar-refractivity contribution in [3.05, 3.63) is 23.5 Å². The van der Waals surface area contributed by atoms with E-state index in [1.165, 1.54) is 7.05 Å². The van der Waals surface area contributed by atoms with Gasteiger partial charge in [0.2, 0.25) is 0 Å². The second-order valence-corrected chi connectivity index (χ2v) is 2.92. The second kappa shape index (κ2) is 3.65. The van der Waals surface area contributed by atoms with Crippen LogP contribution in [0.4, 0.5) is 0 Å². The molecule has 2 rings (SSSR count). The van der Waals surface area contributed by atoms with Crippen LogP contribution in [0, 0.1) is 0 Å². The molecular weight excluding hydrogens is 180 g/mol. The van der Waals surface area contributed by atoms with Crippen molar-refractivity contribution < 1.29 is 9.59 Å². The standard InChI is InChI=1S/C8H8N2O2.C2H6/c1-9-3-5-6(4-9)8(12)10(2)7(5)11;1-2/h3-4H,1-2H3;1-2H3. The zero-order valence-corrected chi connectivity index (χ0v) is 8.87. The first-order valence-electron chi connectivity index (χ1n) is 4.59. The number of nitrogens with zero attached hydrogens (tertiary/aromatic N) is 2. The Morgan fingerprint density at radius 2 is 1.29 bits per heavy atom. The number of amides is 2. The average molecular weight is 194 g/mol. The highest BCUT2D eigenvalue weighted by atomic mass is 16.2. The van der Waals surface area contributed by atoms with Gasteiger partial charge in [-0.1, -0.05) is 13.8 Å². The van der Waals surface area contributed by atoms with Gasteiger partial charge in [0.15, 0.2) is 0 Å². The number of carbonyl (C=O) groups is 2. The van der Waals surface area contributed by atoms with Crippen molar-refractivity contribution in [2.75, 3.05) is 7.05 Å². The van der Waals surface area contributed by atoms with E-state index in [4.69, 9.17) is 0 Å². The summed E-state index contributed by atoms with van der Waals surface area (Å²) in [7, 11) is 3.28. The van der Waals surface area contributed by atoms with Gasteiger partial charge in [0.1, 0.15) is 0 Å². The van der Waals surface area contributed by atoms with Gasteiger partial charge in [0.25, 0.3) is 11.8 Å². The molecule has 0 aliphatic carbocycles. The molecule has 4 heteroatoms. The molecule has 1 aromatic heterocycles. The molecule has 1 aromatic rings. The van der Waals surface area contributed by atoms with Gasteiger partial charge in [0.05, 0.1) is 11.1 Å². The van der Waals surface area contributed by atoms with Crippen LogP contribution in [0.1, 0.15) is 34.6 Å². The van der Waals surface area contributed by atoms with Crippen molar-refractivity contribution in [3.63, 3.8) is 0 Å². The Kier molecular flexibility index (Phi) is 2.74. The molecule has 0 aromatic carbocycles. The summed E-state index contributed by atoms with van der Waals surface area (Å²) < 4.78 is 1.72. The van der Waals surface area contributed by atoms with Crippen LogP contribution >= 0.6 is 0 Å². The summed E-state index contributed by atoms with van der Waals surface area (Å²) in [6.45, 7) is 4.00. The topological polar surface area (TPSA) is 42.3 Å². The zero-order chi connectivity index (χ0) is 10.9. The maximum absolute atomic E-state index is 11.3. The highest BCUT2D eigenvalue weighted by Crippen LogP contribution is 2.21. The predicted octanol–water partition coefficient (Wildman–Crippen LogP) is 1.28. The van der Waals surface area contributed by atoms with E-state index in [1.807, 2.05) is 13.8 Å². The Bertz CT molecular complexity index is 346. The monoisotopic (exact) mass is 194 g/mol. The van der Waals surface area contributed by atoms with E-state index in [2.05, 4.69) is 0 Å². The Balaban J connectivity index is 0.000000461. The minimum absolute atomic E-state index is 0.212. The number of hydrogen-bond donors (Lipinski definition) is 0. The number of aryl methyl sites for hydroxylation is 1. The summed E-state index contributed by atoms with van der Waals surface area (Å²) in [6, 6.07) is 0. The lowest BCUT2D eigenvalue weighted by molar-refractivity contribution is 0.0691. The molecule has 1 aliphatic heterocycles. The van der Waals surface area contributed by atoms with Gasteiger partial charge in [-0.25, -0.2) is 0 Å². The molecule has 0 fully saturated rings. The first kappa shape index (κ1) is 10.5. The van der Waals surface area contributed by atoms with Gasteiger partial charge in [0, 0.05) is 26.5 Å². The second-order valence-electron chi connectivity index (χ2n) is 2.92. The third-order valence-corrected chi connectivity index (χ3v) is 2.03. The summed E-state index contributed by atoms with van der Waals surface area (Å²) >= 11 is 0. The number of imide groups is 1. The predicted molar refractivity (Wildman–Crippen MR) is 53.2 cm³/mol. The van der Waals surface area contributed by atoms with Crippen LogP contribution < -0.4 is 0 Å². The smallest absolute Gasteiger partial charge is 0.262 e. The van der Waals surface area contributed by atoms with Crippen molar-refractivity contribution >= 4 is 11.8 Å². The van der Waals surface area contributed by atoms with Crippen LogP contribution in [0.15, 0.2) is 12.4 Å². The van der Waals surface area contributed by atoms with E-state index < -0.39 is 0 Å². The van der Waals surface area contributed by atoms with Crippen LogP contribution in [-0.4, -0.2) is 28.3 Å². The summed E-state index contributed by atoms with van der Waals surface area (Å²) in [5.74, 6) is -0.425. The molecule has 1 aliphatic rings. The van der Waals surface area contributed by atoms with Crippen molar-refractivity contribution in [1.82, 2.24) is 9.47 Å². The maximum Gasteiger partial charge on any atom is 0.262 e. The molecular formula is C10H14N2O2. The Morgan fingerprint density at radius 3 is 1.64 bits per heavy atom. The first-order valence-corrected chi connectivity index (χ1v) is 4.59. The van der Waals surface area contributed by atoms with Crippen LogP contribution in [0.3, 0.4) is 0 Å². The zero-order valence-electron chi connectivity index (χ0n) is 8.87. The molecule has 0 unspecified atom stereocenters. The SMILES string of the molecule is CC.CN1C(=O)c2cn(C)cc2C1=O. The van der Waals surface area contributed by atoms with Crippen molar-refractivity contribution in [2.24, 2.45) is 7.05 Å². The van der Waals surface area contributed by atoms with E-state index >= 15 is 0 Å². The summed E-state index contributed by atoms with van der Waals surface area (Å²) in [5, 5.41) is 0. The molecule has 0 N–H and O–H groups in total. The maximum atomic E-state index is 11.3. The van der Waals surface area contributed by atoms with E-state index in [0.29, 0.717) is 11.1 Å². The van der Waals surface area contributed by atoms with Gasteiger partial charge in [-0.3, -0.25) is 14.5 Å². The fraction of sp³-hybridized carbons (Fsp3) is 0.400. The molecule has 14 heavy (non-hydrogen) atoms. The number of fused-ring (bicyclic) bond motifs is 1. The highest BCUT2D eigenvalue weighted by Gasteiger charge is 2.33. The molecule has 2 heterocycles. The molecule has 4 nitrogen and oxygen atoms in total. The highest BCUT2D eigenvalue weighted by molar-refractivity contribution is 6.21. The Hall–Kier alpha value is -1.58. The lowest BCUT2D eigenvalue weighted by Gasteiger charge is -2.04. The number of aromatic nitrogens is 1. The summed E-state index contributed by atoms with van der Waals surface area (Å²) in [4.78, 5) is 23.8. The van der Waals surface area contributed by atoms with Crippen LogP contribution in [0.2, 0.25) is 0 Å². The fourth-order valence-electron chi connectivity index (χ4n) is 1.38. The van der Waals surface area contributed by atoms with Gasteiger partial charge in [-0.2, -0.15) is 0 Å². The lowest BCUT2D eigenvalue weighted by atomic mass is 10.2. The van der Waals surface area contributed by atoms with E-state index in [1.54, 1.807) is 24.0 Å². The summed E-state index contributed by atoms with van der Waals surface area (Å²) in [6.07, 6.45) is 3.33. The quantitative estimate of drug-likeness (QED) is 0.584. The van der Waals surface area contributed by atoms with Gasteiger partial charge < -0.3 is 4.57 Å². The average Bonchev–Trinajstić information content (AvgIpc) is 2.66. The molecule has 0 saturated heterocycles. The molecule has 2 amide bonds. The Labute approximate surface area is 83.1 Å². The largest absolute Gasteiger partial charge is 0.356 e. The molecule has 0 saturated carbocycles. The Morgan fingerprint density at radius 1 is 0.929 bits per heavy atom. The molecule has 0 spiro atoms. The van der Waals surface area contributed by atoms with Crippen molar-refractivity contribution in [1.29, 1.82) is 0 Å². The van der Waals surface area contributed by atoms with Gasteiger partial charge in [-0.05, 0) is 0 Å². The van der Waals surface area contributed by atoms with Gasteiger partial charge in [-0.15, -0.1) is 0 Å². The molecule has 76 valence electrons. The third-order valence-electron chi connectivity index (χ3n) is 2.03. The first-order chi connectivity index (χ1) is 6.61. The molecule has 0 bridgehead atoms. The normalized spacial score (nSPS) is 13.9.